The molecule has 0 unspecified atom stereocenters. The average Bonchev–Trinajstić information content (AvgIpc) is 2.40. The van der Waals surface area contributed by atoms with Crippen LogP contribution in [0, 0.1) is 5.82 Å². The van der Waals surface area contributed by atoms with Gasteiger partial charge < -0.3 is 9.84 Å². The molecule has 0 radical (unpaired) electrons. The second-order valence-electron chi connectivity index (χ2n) is 4.55. The molecule has 0 saturated carbocycles. The molecule has 0 aliphatic heterocycles. The Kier molecular flexibility index (Phi) is 3.98. The number of rotatable bonds is 4. The van der Waals surface area contributed by atoms with E-state index in [0.717, 1.165) is 0 Å². The number of carboxylic acid groups (broad SMARTS) is 1. The number of aromatic carboxylic acids is 1. The van der Waals surface area contributed by atoms with E-state index in [-0.39, 0.29) is 17.4 Å². The Balaban J connectivity index is 2.36. The van der Waals surface area contributed by atoms with Crippen LogP contribution in [-0.2, 0) is 0 Å². The van der Waals surface area contributed by atoms with E-state index in [1.54, 1.807) is 6.07 Å². The lowest BCUT2D eigenvalue weighted by Gasteiger charge is -2.11. The Morgan fingerprint density at radius 3 is 2.65 bits per heavy atom. The number of aromatic nitrogens is 1. The van der Waals surface area contributed by atoms with Gasteiger partial charge in [-0.15, -0.1) is 0 Å². The molecule has 0 saturated heterocycles. The first-order valence-electron chi connectivity index (χ1n) is 6.13. The minimum Gasteiger partial charge on any atom is -0.488 e. The molecule has 1 aromatic carbocycles. The lowest BCUT2D eigenvalue weighted by Crippen LogP contribution is -2.06. The fourth-order valence-electron chi connectivity index (χ4n) is 1.73. The number of ether oxygens (including phenoxy) is 1. The standard InChI is InChI=1S/C15H14FNO3/c1-9(2)20-14-4-3-10(7-12(14)16)13-8-11(15(18)19)5-6-17-13/h3-9H,1-2H3,(H,18,19). The Morgan fingerprint density at radius 1 is 1.30 bits per heavy atom. The first-order chi connectivity index (χ1) is 9.47. The van der Waals surface area contributed by atoms with Gasteiger partial charge in [-0.1, -0.05) is 0 Å². The maximum atomic E-state index is 13.9. The Bertz CT molecular complexity index is 641. The van der Waals surface area contributed by atoms with Crippen LogP contribution in [-0.4, -0.2) is 22.2 Å². The summed E-state index contributed by atoms with van der Waals surface area (Å²) in [5.41, 5.74) is 1.01. The molecule has 0 amide bonds. The van der Waals surface area contributed by atoms with E-state index in [9.17, 15) is 9.18 Å². The van der Waals surface area contributed by atoms with Gasteiger partial charge in [-0.2, -0.15) is 0 Å². The molecule has 1 heterocycles. The van der Waals surface area contributed by atoms with Gasteiger partial charge in [-0.25, -0.2) is 9.18 Å². The minimum atomic E-state index is -1.05. The largest absolute Gasteiger partial charge is 0.488 e. The van der Waals surface area contributed by atoms with Crippen molar-refractivity contribution in [1.29, 1.82) is 0 Å². The van der Waals surface area contributed by atoms with Crippen molar-refractivity contribution < 1.29 is 19.0 Å². The van der Waals surface area contributed by atoms with Gasteiger partial charge in [0.05, 0.1) is 17.4 Å². The summed E-state index contributed by atoms with van der Waals surface area (Å²) in [4.78, 5) is 15.0. The van der Waals surface area contributed by atoms with Crippen LogP contribution in [0.3, 0.4) is 0 Å². The zero-order chi connectivity index (χ0) is 14.7. The van der Waals surface area contributed by atoms with Crippen LogP contribution in [0.4, 0.5) is 4.39 Å². The summed E-state index contributed by atoms with van der Waals surface area (Å²) in [5.74, 6) is -1.38. The molecule has 2 aromatic rings. The molecule has 20 heavy (non-hydrogen) atoms. The number of nitrogens with zero attached hydrogens (tertiary/aromatic N) is 1. The molecular formula is C15H14FNO3. The molecule has 1 aromatic heterocycles. The Hall–Kier alpha value is -2.43. The van der Waals surface area contributed by atoms with Crippen molar-refractivity contribution in [2.45, 2.75) is 20.0 Å². The Labute approximate surface area is 115 Å². The van der Waals surface area contributed by atoms with Gasteiger partial charge in [0, 0.05) is 11.8 Å². The van der Waals surface area contributed by atoms with Crippen molar-refractivity contribution >= 4 is 5.97 Å². The quantitative estimate of drug-likeness (QED) is 0.929. The van der Waals surface area contributed by atoms with E-state index in [4.69, 9.17) is 9.84 Å². The third-order valence-corrected chi connectivity index (χ3v) is 2.60. The number of halogens is 1. The van der Waals surface area contributed by atoms with E-state index in [1.165, 1.54) is 30.5 Å². The Morgan fingerprint density at radius 2 is 2.05 bits per heavy atom. The molecule has 2 rings (SSSR count). The third kappa shape index (κ3) is 3.12. The van der Waals surface area contributed by atoms with Crippen molar-refractivity contribution in [3.05, 3.63) is 47.9 Å². The predicted octanol–water partition coefficient (Wildman–Crippen LogP) is 3.37. The number of carbonyl (C=O) groups is 1. The predicted molar refractivity (Wildman–Crippen MR) is 72.4 cm³/mol. The normalized spacial score (nSPS) is 10.6. The first kappa shape index (κ1) is 14.0. The van der Waals surface area contributed by atoms with Crippen LogP contribution in [0.1, 0.15) is 24.2 Å². The van der Waals surface area contributed by atoms with Crippen molar-refractivity contribution in [3.63, 3.8) is 0 Å². The molecule has 5 heteroatoms. The summed E-state index contributed by atoms with van der Waals surface area (Å²) >= 11 is 0. The lowest BCUT2D eigenvalue weighted by atomic mass is 10.1. The first-order valence-corrected chi connectivity index (χ1v) is 6.13. The number of hydrogen-bond donors (Lipinski definition) is 1. The summed E-state index contributed by atoms with van der Waals surface area (Å²) in [6, 6.07) is 7.23. The second-order valence-corrected chi connectivity index (χ2v) is 4.55. The van der Waals surface area contributed by atoms with Gasteiger partial charge in [0.25, 0.3) is 0 Å². The summed E-state index contributed by atoms with van der Waals surface area (Å²) in [5, 5.41) is 8.93. The van der Waals surface area contributed by atoms with E-state index in [0.29, 0.717) is 11.3 Å². The van der Waals surface area contributed by atoms with Crippen molar-refractivity contribution in [2.24, 2.45) is 0 Å². The summed E-state index contributed by atoms with van der Waals surface area (Å²) in [6.45, 7) is 3.62. The SMILES string of the molecule is CC(C)Oc1ccc(-c2cc(C(=O)O)ccn2)cc1F. The van der Waals surface area contributed by atoms with Gasteiger partial charge >= 0.3 is 5.97 Å². The molecule has 1 N–H and O–H groups in total. The number of carboxylic acids is 1. The fourth-order valence-corrected chi connectivity index (χ4v) is 1.73. The maximum Gasteiger partial charge on any atom is 0.335 e. The minimum absolute atomic E-state index is 0.109. The van der Waals surface area contributed by atoms with Gasteiger partial charge in [0.1, 0.15) is 0 Å². The van der Waals surface area contributed by atoms with Crippen molar-refractivity contribution in [2.75, 3.05) is 0 Å². The molecular weight excluding hydrogens is 261 g/mol. The highest BCUT2D eigenvalue weighted by atomic mass is 19.1. The summed E-state index contributed by atoms with van der Waals surface area (Å²) in [7, 11) is 0. The third-order valence-electron chi connectivity index (χ3n) is 2.60. The van der Waals surface area contributed by atoms with Crippen LogP contribution in [0.5, 0.6) is 5.75 Å². The molecule has 0 atom stereocenters. The van der Waals surface area contributed by atoms with Crippen LogP contribution in [0.2, 0.25) is 0 Å². The van der Waals surface area contributed by atoms with E-state index in [1.807, 2.05) is 13.8 Å². The van der Waals surface area contributed by atoms with E-state index < -0.39 is 11.8 Å². The maximum absolute atomic E-state index is 13.9. The zero-order valence-corrected chi connectivity index (χ0v) is 11.1. The number of pyridine rings is 1. The zero-order valence-electron chi connectivity index (χ0n) is 11.1. The van der Waals surface area contributed by atoms with Crippen molar-refractivity contribution in [1.82, 2.24) is 4.98 Å². The van der Waals surface area contributed by atoms with Crippen LogP contribution in [0.15, 0.2) is 36.5 Å². The molecule has 0 aliphatic carbocycles. The van der Waals surface area contributed by atoms with Crippen LogP contribution < -0.4 is 4.74 Å². The monoisotopic (exact) mass is 275 g/mol. The van der Waals surface area contributed by atoms with E-state index in [2.05, 4.69) is 4.98 Å². The van der Waals surface area contributed by atoms with Crippen LogP contribution in [0.25, 0.3) is 11.3 Å². The number of hydrogen-bond acceptors (Lipinski definition) is 3. The summed E-state index contributed by atoms with van der Waals surface area (Å²) in [6.07, 6.45) is 1.26. The lowest BCUT2D eigenvalue weighted by molar-refractivity contribution is 0.0697. The highest BCUT2D eigenvalue weighted by Crippen LogP contribution is 2.25. The molecule has 0 bridgehead atoms. The molecule has 0 spiro atoms. The van der Waals surface area contributed by atoms with Gasteiger partial charge in [0.2, 0.25) is 0 Å². The van der Waals surface area contributed by atoms with Crippen molar-refractivity contribution in [3.8, 4) is 17.0 Å². The molecule has 104 valence electrons. The molecule has 0 aliphatic rings. The molecule has 4 nitrogen and oxygen atoms in total. The highest BCUT2D eigenvalue weighted by molar-refractivity contribution is 5.88. The average molecular weight is 275 g/mol. The van der Waals surface area contributed by atoms with Gasteiger partial charge in [-0.05, 0) is 44.2 Å². The van der Waals surface area contributed by atoms with Gasteiger partial charge in [0.15, 0.2) is 11.6 Å². The van der Waals surface area contributed by atoms with Gasteiger partial charge in [-0.3, -0.25) is 4.98 Å². The fraction of sp³-hybridized carbons (Fsp3) is 0.200. The van der Waals surface area contributed by atoms with Crippen LogP contribution >= 0.6 is 0 Å². The second kappa shape index (κ2) is 5.69. The smallest absolute Gasteiger partial charge is 0.335 e. The van der Waals surface area contributed by atoms with E-state index >= 15 is 0 Å². The number of benzene rings is 1. The molecule has 0 fully saturated rings. The topological polar surface area (TPSA) is 59.4 Å². The summed E-state index contributed by atoms with van der Waals surface area (Å²) < 4.78 is 19.2. The highest BCUT2D eigenvalue weighted by Gasteiger charge is 2.10.